The van der Waals surface area contributed by atoms with E-state index < -0.39 is 82.3 Å². The summed E-state index contributed by atoms with van der Waals surface area (Å²) >= 11 is 3.51. The maximum Gasteiger partial charge on any atom is 0.553 e. The van der Waals surface area contributed by atoms with E-state index in [0.29, 0.717) is 11.1 Å². The second-order valence-electron chi connectivity index (χ2n) is 16.9. The van der Waals surface area contributed by atoms with Crippen molar-refractivity contribution >= 4 is 45.2 Å². The second-order valence-corrected chi connectivity index (χ2v) is 18.7. The first-order valence-corrected chi connectivity index (χ1v) is 24.3. The van der Waals surface area contributed by atoms with Gasteiger partial charge in [0.05, 0.1) is 34.4 Å². The van der Waals surface area contributed by atoms with Crippen molar-refractivity contribution in [3.05, 3.63) is 171 Å². The normalized spacial score (nSPS) is 11.5. The summed E-state index contributed by atoms with van der Waals surface area (Å²) in [6, 6.07) is 17.6. The Bertz CT molecular complexity index is 3680. The van der Waals surface area contributed by atoms with Gasteiger partial charge in [-0.25, -0.2) is 44.4 Å². The number of hydrogen-bond donors (Lipinski definition) is 0. The lowest BCUT2D eigenvalue weighted by Crippen LogP contribution is -2.05. The van der Waals surface area contributed by atoms with Crippen LogP contribution >= 0.6 is 45.2 Å². The van der Waals surface area contributed by atoms with Gasteiger partial charge in [0.25, 0.3) is 14.3 Å². The van der Waals surface area contributed by atoms with Crippen LogP contribution in [0.1, 0.15) is 68.4 Å². The number of aryl methyl sites for hydroxylation is 4. The minimum absolute atomic E-state index is 0.0139. The van der Waals surface area contributed by atoms with E-state index in [1.54, 1.807) is 63.4 Å². The summed E-state index contributed by atoms with van der Waals surface area (Å²) in [5.41, 5.74) is -3.56. The minimum atomic E-state index is -4.77. The minimum Gasteiger partial charge on any atom is -0.434 e. The molecule has 14 nitrogen and oxygen atoms in total. The Hall–Kier alpha value is -8.72. The van der Waals surface area contributed by atoms with Crippen molar-refractivity contribution in [1.29, 1.82) is 15.8 Å². The van der Waals surface area contributed by atoms with Crippen molar-refractivity contribution in [2.45, 2.75) is 64.5 Å². The van der Waals surface area contributed by atoms with E-state index in [2.05, 4.69) is 34.5 Å². The number of hydrogen-bond acceptors (Lipinski definition) is 11. The van der Waals surface area contributed by atoms with Gasteiger partial charge in [0.1, 0.15) is 28.8 Å². The number of alkyl halides is 12. The average Bonchev–Trinajstić information content (AvgIpc) is 4.35. The van der Waals surface area contributed by atoms with Crippen LogP contribution in [0.5, 0.6) is 0 Å². The number of benzene rings is 4. The molecule has 0 fully saturated rings. The molecule has 4 aromatic carbocycles. The van der Waals surface area contributed by atoms with E-state index in [1.807, 2.05) is 0 Å². The molecule has 0 saturated heterocycles. The van der Waals surface area contributed by atoms with Crippen molar-refractivity contribution in [2.24, 2.45) is 0 Å². The molecule has 412 valence electrons. The molecule has 4 heterocycles. The van der Waals surface area contributed by atoms with Crippen molar-refractivity contribution in [3.8, 4) is 86.3 Å². The number of rotatable bonds is 8. The monoisotopic (exact) mass is 1350 g/mol. The molecule has 8 rings (SSSR count). The first-order valence-electron chi connectivity index (χ1n) is 22.2. The highest BCUT2D eigenvalue weighted by Crippen LogP contribution is 2.46. The Labute approximate surface area is 477 Å². The molecule has 0 unspecified atom stereocenters. The van der Waals surface area contributed by atoms with Gasteiger partial charge in [-0.3, -0.25) is 0 Å². The Kier molecular flexibility index (Phi) is 18.5. The van der Waals surface area contributed by atoms with E-state index in [0.717, 1.165) is 48.5 Å². The highest BCUT2D eigenvalue weighted by molar-refractivity contribution is 14.1. The molecule has 8 aromatic rings. The van der Waals surface area contributed by atoms with Crippen LogP contribution in [-0.4, -0.2) is 26.5 Å². The molecule has 0 aliphatic heterocycles. The van der Waals surface area contributed by atoms with Crippen molar-refractivity contribution in [1.82, 2.24) is 19.9 Å². The van der Waals surface area contributed by atoms with E-state index in [9.17, 15) is 63.2 Å². The highest BCUT2D eigenvalue weighted by atomic mass is 127. The van der Waals surface area contributed by atoms with Gasteiger partial charge >= 0.3 is 36.8 Å². The van der Waals surface area contributed by atoms with Gasteiger partial charge in [-0.05, 0) is 123 Å². The summed E-state index contributed by atoms with van der Waals surface area (Å²) in [5.74, 6) is -3.70. The lowest BCUT2D eigenvalue weighted by molar-refractivity contribution is -0.138. The molecular weight excluding hydrogens is 1320 g/mol. The van der Waals surface area contributed by atoms with Crippen LogP contribution in [0.3, 0.4) is 0 Å². The third-order valence-electron chi connectivity index (χ3n) is 10.7. The molecule has 28 heteroatoms. The molecule has 4 aromatic heterocycles. The number of nitrogens with zero attached hydrogens (tertiary/aromatic N) is 10. The summed E-state index contributed by atoms with van der Waals surface area (Å²) in [4.78, 5) is 25.6. The van der Waals surface area contributed by atoms with E-state index in [4.69, 9.17) is 42.6 Å². The van der Waals surface area contributed by atoms with E-state index in [1.165, 1.54) is 52.0 Å². The summed E-state index contributed by atoms with van der Waals surface area (Å²) < 4.78 is 185. The van der Waals surface area contributed by atoms with Crippen LogP contribution in [0.15, 0.2) is 90.5 Å². The zero-order valence-electron chi connectivity index (χ0n) is 41.2. The number of aromatic nitrogens is 4. The summed E-state index contributed by atoms with van der Waals surface area (Å²) in [5, 5.41) is 26.4. The molecular formula is C53H28F12I2N10O4. The predicted molar refractivity (Wildman–Crippen MR) is 277 cm³/mol. The third kappa shape index (κ3) is 14.6. The first-order chi connectivity index (χ1) is 37.8. The van der Waals surface area contributed by atoms with Gasteiger partial charge in [-0.15, -0.1) is 0 Å². The zero-order valence-corrected chi connectivity index (χ0v) is 45.5. The fourth-order valence-corrected chi connectivity index (χ4v) is 8.46. The van der Waals surface area contributed by atoms with Crippen LogP contribution in [0.25, 0.3) is 82.6 Å². The Balaban J connectivity index is 0.000000245. The highest BCUT2D eigenvalue weighted by Gasteiger charge is 2.39. The fraction of sp³-hybridized carbons (Fsp3) is 0.208. The van der Waals surface area contributed by atoms with Crippen molar-refractivity contribution in [3.63, 3.8) is 0 Å². The topological polar surface area (TPSA) is 189 Å². The van der Waals surface area contributed by atoms with Crippen LogP contribution < -0.4 is 0 Å². The molecule has 0 saturated carbocycles. The fourth-order valence-electron chi connectivity index (χ4n) is 7.54. The Morgan fingerprint density at radius 1 is 0.457 bits per heavy atom. The van der Waals surface area contributed by atoms with Crippen molar-refractivity contribution in [2.75, 3.05) is 6.54 Å². The molecule has 81 heavy (non-hydrogen) atoms. The standard InChI is InChI=1S/C28H14F6N6O2.C22H12F6I2N2O2.C3H2N2/c1-13-5-15(9-18(7-13)27(29,30)31)20-22(41-25(39-20)17(11-35)12-36)23-21(40-26(42-23)24(37-3)38-4)16-6-14(2)8-19(10-16)28(32,33)34;1-9-3-11(7-13(5-9)21(23,24)25)15-17(33-19(29)31-15)18-16(32-20(30)34-18)12-4-10(2)6-14(8-12)22(26,27)28;1-5-3-2-4/h5-10,17,24H,1-2H3;3-8H,1-2H3;3H2. The second kappa shape index (κ2) is 24.3. The van der Waals surface area contributed by atoms with Gasteiger partial charge in [0.2, 0.25) is 29.1 Å². The molecule has 0 aliphatic rings. The van der Waals surface area contributed by atoms with E-state index in [-0.39, 0.29) is 82.0 Å². The third-order valence-corrected chi connectivity index (χ3v) is 11.7. The number of oxazole rings is 4. The lowest BCUT2D eigenvalue weighted by atomic mass is 10.00. The first kappa shape index (κ1) is 61.5. The van der Waals surface area contributed by atoms with Gasteiger partial charge in [-0.1, -0.05) is 0 Å². The smallest absolute Gasteiger partial charge is 0.434 e. The van der Waals surface area contributed by atoms with Crippen LogP contribution in [0, 0.1) is 89.2 Å². The van der Waals surface area contributed by atoms with Gasteiger partial charge in [0, 0.05) is 67.4 Å². The zero-order chi connectivity index (χ0) is 60.1. The Morgan fingerprint density at radius 3 is 1.00 bits per heavy atom. The maximum absolute atomic E-state index is 13.7. The van der Waals surface area contributed by atoms with Gasteiger partial charge in [-0.2, -0.15) is 73.5 Å². The number of halogens is 14. The molecule has 0 aliphatic carbocycles. The van der Waals surface area contributed by atoms with Crippen LogP contribution in [0.4, 0.5) is 52.7 Å². The summed E-state index contributed by atoms with van der Waals surface area (Å²) in [7, 11) is 0. The molecule has 0 bridgehead atoms. The van der Waals surface area contributed by atoms with Crippen molar-refractivity contribution < 1.29 is 70.4 Å². The molecule has 0 radical (unpaired) electrons. The maximum atomic E-state index is 13.7. The number of nitriles is 3. The van der Waals surface area contributed by atoms with Gasteiger partial charge in [0.15, 0.2) is 5.76 Å². The summed E-state index contributed by atoms with van der Waals surface area (Å²) in [6.07, 6.45) is -20.4. The van der Waals surface area contributed by atoms with Crippen LogP contribution in [0.2, 0.25) is 0 Å². The molecule has 0 amide bonds. The predicted octanol–water partition coefficient (Wildman–Crippen LogP) is 17.2. The largest absolute Gasteiger partial charge is 0.553 e. The van der Waals surface area contributed by atoms with Crippen LogP contribution in [-0.2, 0) is 24.7 Å². The average molecular weight is 1350 g/mol. The lowest BCUT2D eigenvalue weighted by Gasteiger charge is -2.11. The molecule has 0 N–H and O–H groups in total. The SMILES string of the molecule is Cc1cc(-c2nc(I)oc2-c2oc(I)nc2-c2cc(C)cc(C(F)(F)F)c2)cc(C(F)(F)F)c1.[C-]#[N+]C([N+]#[C-])c1nc(-c2cc(C)cc(C(F)(F)F)c2)c(-c2oc(C(C#N)C#N)nc2-c2cc(C)cc(C(F)(F)F)c2)o1.[C-]#[N+]CC#N. The summed E-state index contributed by atoms with van der Waals surface area (Å²) in [6.45, 7) is 26.3. The van der Waals surface area contributed by atoms with Gasteiger partial charge < -0.3 is 22.5 Å². The van der Waals surface area contributed by atoms with E-state index >= 15 is 0 Å². The molecule has 0 atom stereocenters. The Morgan fingerprint density at radius 2 is 0.741 bits per heavy atom. The molecule has 0 spiro atoms. The quantitative estimate of drug-likeness (QED) is 0.0609.